The topological polar surface area (TPSA) is 37.3 Å². The van der Waals surface area contributed by atoms with Gasteiger partial charge in [0.1, 0.15) is 0 Å². The molecule has 0 bridgehead atoms. The largest absolute Gasteiger partial charge is 0.481 e. The van der Waals surface area contributed by atoms with Crippen LogP contribution in [0.1, 0.15) is 51.2 Å². The normalized spacial score (nSPS) is 11.5. The van der Waals surface area contributed by atoms with E-state index in [2.05, 4.69) is 13.0 Å². The van der Waals surface area contributed by atoms with Crippen molar-refractivity contribution in [1.82, 2.24) is 0 Å². The van der Waals surface area contributed by atoms with Gasteiger partial charge in [-0.05, 0) is 37.8 Å². The number of unbranched alkanes of at least 4 members (excludes halogenated alkanes) is 2. The van der Waals surface area contributed by atoms with Crippen LogP contribution in [0.2, 0.25) is 0 Å². The Morgan fingerprint density at radius 2 is 2.00 bits per heavy atom. The second-order valence-corrected chi connectivity index (χ2v) is 5.09. The SMILES string of the molecule is CCCCCc1cccc(C(C)(C)C(=O)O)c1. The van der Waals surface area contributed by atoms with E-state index in [1.165, 1.54) is 24.8 Å². The number of rotatable bonds is 6. The van der Waals surface area contributed by atoms with Gasteiger partial charge in [-0.1, -0.05) is 44.0 Å². The van der Waals surface area contributed by atoms with Crippen LogP contribution in [0.15, 0.2) is 24.3 Å². The zero-order valence-electron chi connectivity index (χ0n) is 11.0. The number of carboxylic acids is 1. The summed E-state index contributed by atoms with van der Waals surface area (Å²) in [5.41, 5.74) is 1.32. The monoisotopic (exact) mass is 234 g/mol. The van der Waals surface area contributed by atoms with E-state index in [0.29, 0.717) is 0 Å². The average Bonchev–Trinajstić information content (AvgIpc) is 2.29. The molecule has 0 aromatic heterocycles. The van der Waals surface area contributed by atoms with E-state index in [1.54, 1.807) is 13.8 Å². The third-order valence-electron chi connectivity index (χ3n) is 3.25. The highest BCUT2D eigenvalue weighted by atomic mass is 16.4. The number of benzene rings is 1. The summed E-state index contributed by atoms with van der Waals surface area (Å²) in [6.45, 7) is 5.69. The molecule has 0 aliphatic rings. The highest BCUT2D eigenvalue weighted by Gasteiger charge is 2.29. The minimum atomic E-state index is -0.805. The van der Waals surface area contributed by atoms with Crippen LogP contribution in [0.5, 0.6) is 0 Å². The zero-order valence-corrected chi connectivity index (χ0v) is 11.0. The molecule has 0 radical (unpaired) electrons. The van der Waals surface area contributed by atoms with Crippen molar-refractivity contribution in [2.45, 2.75) is 51.9 Å². The zero-order chi connectivity index (χ0) is 12.9. The Kier molecular flexibility index (Phi) is 4.73. The molecule has 17 heavy (non-hydrogen) atoms. The number of aliphatic carboxylic acids is 1. The van der Waals surface area contributed by atoms with Gasteiger partial charge in [0.05, 0.1) is 5.41 Å². The van der Waals surface area contributed by atoms with Crippen LogP contribution in [0.3, 0.4) is 0 Å². The fourth-order valence-electron chi connectivity index (χ4n) is 1.82. The minimum Gasteiger partial charge on any atom is -0.481 e. The lowest BCUT2D eigenvalue weighted by Gasteiger charge is -2.20. The van der Waals surface area contributed by atoms with Gasteiger partial charge in [-0.15, -0.1) is 0 Å². The van der Waals surface area contributed by atoms with E-state index in [9.17, 15) is 9.90 Å². The number of carboxylic acid groups (broad SMARTS) is 1. The summed E-state index contributed by atoms with van der Waals surface area (Å²) in [6.07, 6.45) is 4.65. The molecule has 2 nitrogen and oxygen atoms in total. The van der Waals surface area contributed by atoms with E-state index < -0.39 is 11.4 Å². The molecule has 0 saturated carbocycles. The first-order valence-electron chi connectivity index (χ1n) is 6.31. The Balaban J connectivity index is 2.82. The summed E-state index contributed by atoms with van der Waals surface area (Å²) < 4.78 is 0. The van der Waals surface area contributed by atoms with Gasteiger partial charge in [-0.2, -0.15) is 0 Å². The lowest BCUT2D eigenvalue weighted by Crippen LogP contribution is -2.28. The number of carbonyl (C=O) groups is 1. The average molecular weight is 234 g/mol. The first-order valence-corrected chi connectivity index (χ1v) is 6.31. The van der Waals surface area contributed by atoms with Crippen molar-refractivity contribution in [3.63, 3.8) is 0 Å². The first-order chi connectivity index (χ1) is 7.98. The van der Waals surface area contributed by atoms with Gasteiger partial charge in [0.2, 0.25) is 0 Å². The lowest BCUT2D eigenvalue weighted by molar-refractivity contribution is -0.142. The first kappa shape index (κ1) is 13.8. The van der Waals surface area contributed by atoms with Gasteiger partial charge in [0, 0.05) is 0 Å². The fraction of sp³-hybridized carbons (Fsp3) is 0.533. The molecule has 0 aliphatic heterocycles. The van der Waals surface area contributed by atoms with Crippen LogP contribution >= 0.6 is 0 Å². The molecular weight excluding hydrogens is 212 g/mol. The number of hydrogen-bond donors (Lipinski definition) is 1. The second-order valence-electron chi connectivity index (χ2n) is 5.09. The van der Waals surface area contributed by atoms with Gasteiger partial charge in [0.15, 0.2) is 0 Å². The van der Waals surface area contributed by atoms with Crippen LogP contribution < -0.4 is 0 Å². The molecule has 0 fully saturated rings. The molecule has 0 atom stereocenters. The molecule has 0 aliphatic carbocycles. The highest BCUT2D eigenvalue weighted by molar-refractivity contribution is 5.80. The summed E-state index contributed by atoms with van der Waals surface area (Å²) in [7, 11) is 0. The van der Waals surface area contributed by atoms with Crippen molar-refractivity contribution in [2.75, 3.05) is 0 Å². The summed E-state index contributed by atoms with van der Waals surface area (Å²) in [5.74, 6) is -0.775. The number of aryl methyl sites for hydroxylation is 1. The van der Waals surface area contributed by atoms with Crippen molar-refractivity contribution < 1.29 is 9.90 Å². The van der Waals surface area contributed by atoms with E-state index in [-0.39, 0.29) is 0 Å². The van der Waals surface area contributed by atoms with Crippen LogP contribution in [0.4, 0.5) is 0 Å². The minimum absolute atomic E-state index is 0.775. The van der Waals surface area contributed by atoms with Gasteiger partial charge in [-0.25, -0.2) is 0 Å². The maximum Gasteiger partial charge on any atom is 0.313 e. The molecule has 1 aromatic rings. The molecule has 1 N–H and O–H groups in total. The van der Waals surface area contributed by atoms with Crippen LogP contribution in [-0.4, -0.2) is 11.1 Å². The summed E-state index contributed by atoms with van der Waals surface area (Å²) >= 11 is 0. The van der Waals surface area contributed by atoms with Crippen molar-refractivity contribution in [3.8, 4) is 0 Å². The molecule has 2 heteroatoms. The third-order valence-corrected chi connectivity index (χ3v) is 3.25. The Bertz CT molecular complexity index is 380. The second kappa shape index (κ2) is 5.85. The van der Waals surface area contributed by atoms with Crippen LogP contribution in [-0.2, 0) is 16.6 Å². The molecule has 0 spiro atoms. The van der Waals surface area contributed by atoms with Crippen molar-refractivity contribution in [1.29, 1.82) is 0 Å². The molecule has 1 rings (SSSR count). The van der Waals surface area contributed by atoms with Gasteiger partial charge < -0.3 is 5.11 Å². The Hall–Kier alpha value is -1.31. The maximum atomic E-state index is 11.2. The fourth-order valence-corrected chi connectivity index (χ4v) is 1.82. The molecule has 0 amide bonds. The molecule has 0 unspecified atom stereocenters. The number of hydrogen-bond acceptors (Lipinski definition) is 1. The summed E-state index contributed by atoms with van der Waals surface area (Å²) in [4.78, 5) is 11.2. The smallest absolute Gasteiger partial charge is 0.313 e. The van der Waals surface area contributed by atoms with Crippen molar-refractivity contribution in [3.05, 3.63) is 35.4 Å². The molecular formula is C15H22O2. The molecule has 94 valence electrons. The van der Waals surface area contributed by atoms with E-state index in [1.807, 2.05) is 18.2 Å². The molecule has 1 aromatic carbocycles. The molecule has 0 saturated heterocycles. The quantitative estimate of drug-likeness (QED) is 0.760. The lowest BCUT2D eigenvalue weighted by atomic mass is 9.83. The maximum absolute atomic E-state index is 11.2. The predicted octanol–water partition coefficient (Wildman–Crippen LogP) is 3.78. The Morgan fingerprint density at radius 3 is 2.59 bits per heavy atom. The third kappa shape index (κ3) is 3.58. The van der Waals surface area contributed by atoms with E-state index in [4.69, 9.17) is 0 Å². The summed E-state index contributed by atoms with van der Waals surface area (Å²) in [6, 6.07) is 7.97. The van der Waals surface area contributed by atoms with Crippen LogP contribution in [0.25, 0.3) is 0 Å². The van der Waals surface area contributed by atoms with Gasteiger partial charge in [0.25, 0.3) is 0 Å². The summed E-state index contributed by atoms with van der Waals surface area (Å²) in [5, 5.41) is 9.20. The Labute approximate surface area is 104 Å². The molecule has 0 heterocycles. The van der Waals surface area contributed by atoms with Crippen molar-refractivity contribution in [2.24, 2.45) is 0 Å². The van der Waals surface area contributed by atoms with Gasteiger partial charge in [-0.3, -0.25) is 4.79 Å². The standard InChI is InChI=1S/C15H22O2/c1-4-5-6-8-12-9-7-10-13(11-12)15(2,3)14(16)17/h7,9-11H,4-6,8H2,1-3H3,(H,16,17). The van der Waals surface area contributed by atoms with Crippen molar-refractivity contribution >= 4 is 5.97 Å². The highest BCUT2D eigenvalue weighted by Crippen LogP contribution is 2.24. The van der Waals surface area contributed by atoms with E-state index in [0.717, 1.165) is 12.0 Å². The van der Waals surface area contributed by atoms with E-state index >= 15 is 0 Å². The Morgan fingerprint density at radius 1 is 1.29 bits per heavy atom. The predicted molar refractivity (Wildman–Crippen MR) is 70.3 cm³/mol. The van der Waals surface area contributed by atoms with Crippen LogP contribution in [0, 0.1) is 0 Å². The van der Waals surface area contributed by atoms with Gasteiger partial charge >= 0.3 is 5.97 Å².